The maximum absolute atomic E-state index is 15.1. The number of carbonyl (C=O) groups is 12. The molecule has 512 valence electrons. The Hall–Kier alpha value is -7.38. The van der Waals surface area contributed by atoms with Crippen molar-refractivity contribution in [1.82, 2.24) is 60.5 Å². The highest BCUT2D eigenvalue weighted by molar-refractivity contribution is 14.1. The zero-order valence-corrected chi connectivity index (χ0v) is 59.0. The van der Waals surface area contributed by atoms with Crippen LogP contribution in [-0.2, 0) is 70.4 Å². The van der Waals surface area contributed by atoms with Gasteiger partial charge in [-0.15, -0.1) is 12.3 Å². The molecular formula is C67H98FIN12O12. The molecule has 2 aliphatic rings. The quantitative estimate of drug-likeness (QED) is 0.103. The Labute approximate surface area is 561 Å². The second-order valence-electron chi connectivity index (χ2n) is 26.1. The Balaban J connectivity index is 1.88. The molecule has 0 aliphatic carbocycles. The predicted octanol–water partition coefficient (Wildman–Crippen LogP) is 2.83. The molecule has 0 aromatic heterocycles. The van der Waals surface area contributed by atoms with Gasteiger partial charge in [-0.1, -0.05) is 72.2 Å². The van der Waals surface area contributed by atoms with Gasteiger partial charge in [0, 0.05) is 110 Å². The van der Waals surface area contributed by atoms with Gasteiger partial charge in [-0.05, 0) is 135 Å². The average molecular weight is 1410 g/mol. The number of hydrogen-bond donors (Lipinski definition) is 4. The smallest absolute Gasteiger partial charge is 0.318 e. The summed E-state index contributed by atoms with van der Waals surface area (Å²) in [7, 11) is 9.09. The van der Waals surface area contributed by atoms with Crippen molar-refractivity contribution in [3.63, 3.8) is 0 Å². The van der Waals surface area contributed by atoms with Crippen molar-refractivity contribution in [1.29, 1.82) is 0 Å². The van der Waals surface area contributed by atoms with Crippen molar-refractivity contribution in [2.75, 3.05) is 82.1 Å². The first-order chi connectivity index (χ1) is 43.6. The lowest BCUT2D eigenvalue weighted by atomic mass is 9.96. The molecule has 93 heavy (non-hydrogen) atoms. The molecule has 0 radical (unpaired) electrons. The van der Waals surface area contributed by atoms with Crippen molar-refractivity contribution in [2.45, 2.75) is 167 Å². The number of imide groups is 2. The van der Waals surface area contributed by atoms with Crippen LogP contribution in [0.4, 0.5) is 4.39 Å². The predicted molar refractivity (Wildman–Crippen MR) is 357 cm³/mol. The van der Waals surface area contributed by atoms with Crippen molar-refractivity contribution in [3.8, 4) is 12.3 Å². The van der Waals surface area contributed by atoms with Crippen LogP contribution in [0.25, 0.3) is 0 Å². The van der Waals surface area contributed by atoms with E-state index in [-0.39, 0.29) is 61.1 Å². The van der Waals surface area contributed by atoms with E-state index in [1.807, 2.05) is 57.3 Å². The maximum atomic E-state index is 15.1. The van der Waals surface area contributed by atoms with Crippen LogP contribution in [0.2, 0.25) is 0 Å². The van der Waals surface area contributed by atoms with Crippen LogP contribution in [0.1, 0.15) is 118 Å². The molecular weight excluding hydrogens is 1310 g/mol. The van der Waals surface area contributed by atoms with E-state index in [1.165, 1.54) is 45.0 Å². The number of likely N-dealkylation sites (N-methyl/N-ethyl adjacent to an activating group) is 7. The number of hydrogen-bond acceptors (Lipinski definition) is 14. The molecule has 2 saturated heterocycles. The summed E-state index contributed by atoms with van der Waals surface area (Å²) in [4.78, 5) is 182. The summed E-state index contributed by atoms with van der Waals surface area (Å²) in [5.74, 6) is -11.5. The summed E-state index contributed by atoms with van der Waals surface area (Å²) >= 11 is 2.04. The zero-order chi connectivity index (χ0) is 69.9. The summed E-state index contributed by atoms with van der Waals surface area (Å²) in [6.45, 7) is 16.5. The third-order valence-corrected chi connectivity index (χ3v) is 18.5. The molecule has 0 unspecified atom stereocenters. The first-order valence-electron chi connectivity index (χ1n) is 31.8. The molecule has 2 aromatic rings. The van der Waals surface area contributed by atoms with Crippen LogP contribution in [0.3, 0.4) is 0 Å². The minimum absolute atomic E-state index is 0.0176. The van der Waals surface area contributed by atoms with Gasteiger partial charge in [0.2, 0.25) is 29.5 Å². The number of benzene rings is 2. The maximum Gasteiger partial charge on any atom is 0.318 e. The van der Waals surface area contributed by atoms with E-state index in [9.17, 15) is 57.1 Å². The molecule has 8 atom stereocenters. The van der Waals surface area contributed by atoms with Crippen molar-refractivity contribution in [3.05, 3.63) is 69.0 Å². The van der Waals surface area contributed by atoms with Gasteiger partial charge in [-0.2, -0.15) is 0 Å². The Kier molecular flexibility index (Phi) is 30.0. The second-order valence-corrected chi connectivity index (χ2v) is 27.3. The molecule has 0 spiro atoms. The van der Waals surface area contributed by atoms with Crippen LogP contribution in [-0.4, -0.2) is 240 Å². The lowest BCUT2D eigenvalue weighted by Gasteiger charge is -2.39. The first kappa shape index (κ1) is 78.1. The topological polar surface area (TPSA) is 279 Å². The van der Waals surface area contributed by atoms with Gasteiger partial charge < -0.3 is 50.7 Å². The average Bonchev–Trinajstić information content (AvgIpc) is 0.977. The number of halogens is 2. The standard InChI is InChI=1S/C67H98FIN12O12/c1-17-23-49-58(85)80(16)67(8,9)66(93)73-51(35-42(5)6)57(84)76(12)53(60(87)81-31-20-19-21-32-81)30-33-74(10)48(34-41(3)4)39-70-52(43(7)18-2)40-75(11)62(89)63(90)79(15)65(92)64(91)77(13)54(38-44-26-28-46(68)29-27-44)59(86)78(14)61(88)56(83)72-50(55(82)71-49)37-45-24-22-25-47(69)36-45/h1,22,24-29,36,41-43,48-54,70H,18-21,23,30-35,37-40H2,2-16H3,(H,71,82)(H,72,83)(H,73,93)/t43-,48-,49-,50-,51-,52+,53-,54-/m0/s1. The zero-order valence-electron chi connectivity index (χ0n) is 56.8. The van der Waals surface area contributed by atoms with Gasteiger partial charge >= 0.3 is 35.4 Å². The summed E-state index contributed by atoms with van der Waals surface area (Å²) in [6.07, 6.45) is 8.87. The Morgan fingerprint density at radius 2 is 1.29 bits per heavy atom. The molecule has 4 rings (SSSR count). The number of rotatable bonds is 12. The molecule has 26 heteroatoms. The molecule has 4 N–H and O–H groups in total. The summed E-state index contributed by atoms with van der Waals surface area (Å²) in [5, 5.41) is 11.5. The van der Waals surface area contributed by atoms with E-state index >= 15 is 4.79 Å². The van der Waals surface area contributed by atoms with Crippen LogP contribution < -0.4 is 21.3 Å². The number of likely N-dealkylation sites (tertiary alicyclic amines) is 1. The largest absolute Gasteiger partial charge is 0.342 e. The molecule has 0 saturated carbocycles. The second kappa shape index (κ2) is 35.8. The fourth-order valence-corrected chi connectivity index (χ4v) is 11.8. The fraction of sp³-hybridized carbons (Fsp3) is 0.612. The number of amides is 12. The Bertz CT molecular complexity index is 3060. The number of terminal acetylenes is 1. The van der Waals surface area contributed by atoms with E-state index in [1.54, 1.807) is 36.2 Å². The first-order valence-corrected chi connectivity index (χ1v) is 32.9. The van der Waals surface area contributed by atoms with Gasteiger partial charge in [0.25, 0.3) is 5.91 Å². The van der Waals surface area contributed by atoms with Crippen LogP contribution in [0.15, 0.2) is 48.5 Å². The number of nitrogens with one attached hydrogen (secondary N) is 4. The summed E-state index contributed by atoms with van der Waals surface area (Å²) < 4.78 is 14.9. The normalized spacial score (nSPS) is 24.3. The summed E-state index contributed by atoms with van der Waals surface area (Å²) in [6, 6.07) is 3.81. The van der Waals surface area contributed by atoms with Crippen molar-refractivity contribution < 1.29 is 61.9 Å². The SMILES string of the molecule is C#CC[C@@H]1NC(=O)[C@H](Cc2cccc(I)c2)NC(=O)C(=O)N(C)C(=O)[C@H](Cc2ccc(F)cc2)N(C)C(=O)C(=O)N(C)C(=O)C(=O)N(C)C[C@H]([C@@H](C)CC)NC[C@H](CC(C)C)N(C)CC[C@@H](C(=O)N2CCCCC2)N(C)C(=O)[C@H](CC(C)C)NC(=O)C(C)(C)N(C)C1=O. The lowest BCUT2D eigenvalue weighted by Crippen LogP contribution is -2.63. The highest BCUT2D eigenvalue weighted by Crippen LogP contribution is 2.23. The van der Waals surface area contributed by atoms with E-state index in [0.717, 1.165) is 65.9 Å². The number of nitrogens with zero attached hydrogens (tertiary/aromatic N) is 8. The molecule has 2 aliphatic heterocycles. The van der Waals surface area contributed by atoms with Crippen LogP contribution >= 0.6 is 22.6 Å². The van der Waals surface area contributed by atoms with E-state index in [0.29, 0.717) is 59.3 Å². The van der Waals surface area contributed by atoms with E-state index in [4.69, 9.17) is 6.42 Å². The van der Waals surface area contributed by atoms with Crippen molar-refractivity contribution >= 4 is 93.5 Å². The monoisotopic (exact) mass is 1410 g/mol. The van der Waals surface area contributed by atoms with Gasteiger partial charge in [0.15, 0.2) is 0 Å². The molecule has 0 bridgehead atoms. The minimum atomic E-state index is -1.80. The van der Waals surface area contributed by atoms with Crippen LogP contribution in [0.5, 0.6) is 0 Å². The van der Waals surface area contributed by atoms with Crippen molar-refractivity contribution in [2.24, 2.45) is 17.8 Å². The minimum Gasteiger partial charge on any atom is -0.342 e. The van der Waals surface area contributed by atoms with E-state index < -0.39 is 125 Å². The van der Waals surface area contributed by atoms with Gasteiger partial charge in [-0.25, -0.2) is 4.39 Å². The molecule has 12 amide bonds. The molecule has 2 fully saturated rings. The van der Waals surface area contributed by atoms with Gasteiger partial charge in [-0.3, -0.25) is 67.3 Å². The lowest BCUT2D eigenvalue weighted by molar-refractivity contribution is -0.162. The third-order valence-electron chi connectivity index (χ3n) is 17.8. The highest BCUT2D eigenvalue weighted by Gasteiger charge is 2.44. The molecule has 2 aromatic carbocycles. The van der Waals surface area contributed by atoms with Gasteiger partial charge in [0.1, 0.15) is 41.6 Å². The Morgan fingerprint density at radius 1 is 0.677 bits per heavy atom. The third kappa shape index (κ3) is 21.6. The van der Waals surface area contributed by atoms with Crippen LogP contribution in [0, 0.1) is 39.5 Å². The fourth-order valence-electron chi connectivity index (χ4n) is 11.2. The Morgan fingerprint density at radius 3 is 1.87 bits per heavy atom. The van der Waals surface area contributed by atoms with E-state index in [2.05, 4.69) is 45.9 Å². The number of piperidine rings is 1. The molecule has 2 heterocycles. The van der Waals surface area contributed by atoms with Gasteiger partial charge in [0.05, 0.1) is 0 Å². The summed E-state index contributed by atoms with van der Waals surface area (Å²) in [5.41, 5.74) is -1.02. The number of carbonyl (C=O) groups excluding carboxylic acids is 12. The molecule has 24 nitrogen and oxygen atoms in total. The highest BCUT2D eigenvalue weighted by atomic mass is 127.